The van der Waals surface area contributed by atoms with E-state index in [9.17, 15) is 9.59 Å². The first-order valence-corrected chi connectivity index (χ1v) is 6.48. The van der Waals surface area contributed by atoms with Crippen LogP contribution in [-0.4, -0.2) is 30.9 Å². The number of carbonyl (C=O) groups is 2. The fourth-order valence-corrected chi connectivity index (χ4v) is 2.23. The van der Waals surface area contributed by atoms with E-state index in [0.29, 0.717) is 0 Å². The fourth-order valence-electron chi connectivity index (χ4n) is 2.23. The van der Waals surface area contributed by atoms with Crippen molar-refractivity contribution in [3.63, 3.8) is 0 Å². The first-order chi connectivity index (χ1) is 9.11. The second kappa shape index (κ2) is 5.73. The van der Waals surface area contributed by atoms with E-state index in [0.717, 1.165) is 18.5 Å². The molecule has 0 aromatic heterocycles. The molecule has 19 heavy (non-hydrogen) atoms. The summed E-state index contributed by atoms with van der Waals surface area (Å²) >= 11 is 0. The summed E-state index contributed by atoms with van der Waals surface area (Å²) in [5.41, 5.74) is 2.23. The van der Waals surface area contributed by atoms with Crippen LogP contribution in [0, 0.1) is 0 Å². The maximum absolute atomic E-state index is 12.1. The smallest absolute Gasteiger partial charge is 0.243 e. The number of amides is 2. The molecule has 0 saturated carbocycles. The van der Waals surface area contributed by atoms with Crippen molar-refractivity contribution in [3.05, 3.63) is 29.8 Å². The molecule has 1 aliphatic rings. The molecule has 2 unspecified atom stereocenters. The average Bonchev–Trinajstić information content (AvgIpc) is 2.45. The Morgan fingerprint density at radius 2 is 2.11 bits per heavy atom. The number of likely N-dealkylation sites (N-methyl/N-ethyl adjacent to an activating group) is 1. The lowest BCUT2D eigenvalue weighted by molar-refractivity contribution is -0.128. The van der Waals surface area contributed by atoms with E-state index >= 15 is 0 Å². The van der Waals surface area contributed by atoms with Crippen molar-refractivity contribution in [1.82, 2.24) is 10.6 Å². The van der Waals surface area contributed by atoms with E-state index < -0.39 is 6.04 Å². The lowest BCUT2D eigenvalue weighted by atomic mass is 9.97. The second-order valence-corrected chi connectivity index (χ2v) is 4.74. The number of hydrogen-bond donors (Lipinski definition) is 3. The molecule has 3 N–H and O–H groups in total. The highest BCUT2D eigenvalue weighted by Gasteiger charge is 2.25. The Kier molecular flexibility index (Phi) is 4.04. The van der Waals surface area contributed by atoms with Crippen molar-refractivity contribution in [2.24, 2.45) is 0 Å². The Morgan fingerprint density at radius 1 is 1.37 bits per heavy atom. The van der Waals surface area contributed by atoms with Crippen molar-refractivity contribution in [2.75, 3.05) is 12.4 Å². The highest BCUT2D eigenvalue weighted by molar-refractivity contribution is 5.91. The summed E-state index contributed by atoms with van der Waals surface area (Å²) in [6.45, 7) is 1.67. The van der Waals surface area contributed by atoms with Gasteiger partial charge in [0.2, 0.25) is 11.8 Å². The fraction of sp³-hybridized carbons (Fsp3) is 0.429. The van der Waals surface area contributed by atoms with Gasteiger partial charge in [0.25, 0.3) is 0 Å². The predicted molar refractivity (Wildman–Crippen MR) is 73.8 cm³/mol. The summed E-state index contributed by atoms with van der Waals surface area (Å²) in [4.78, 5) is 23.5. The van der Waals surface area contributed by atoms with E-state index in [2.05, 4.69) is 22.0 Å². The van der Waals surface area contributed by atoms with Gasteiger partial charge in [0.15, 0.2) is 0 Å². The minimum absolute atomic E-state index is 0.134. The van der Waals surface area contributed by atoms with Gasteiger partial charge in [0.1, 0.15) is 12.1 Å². The van der Waals surface area contributed by atoms with Gasteiger partial charge in [-0.05, 0) is 31.4 Å². The molecule has 102 valence electrons. The third kappa shape index (κ3) is 3.05. The number of para-hydroxylation sites is 1. The molecule has 1 aromatic rings. The van der Waals surface area contributed by atoms with Gasteiger partial charge in [-0.15, -0.1) is 0 Å². The standard InChI is InChI=1S/C14H19N3O2/c1-9(13(18)15-2)16-14(19)12-8-7-10-5-3-4-6-11(10)17-12/h3-6,9,12,17H,7-8H2,1-2H3,(H,15,18)(H,16,19). The zero-order valence-corrected chi connectivity index (χ0v) is 11.2. The van der Waals surface area contributed by atoms with Gasteiger partial charge in [-0.2, -0.15) is 0 Å². The van der Waals surface area contributed by atoms with E-state index in [-0.39, 0.29) is 17.9 Å². The lowest BCUT2D eigenvalue weighted by Gasteiger charge is -2.27. The highest BCUT2D eigenvalue weighted by Crippen LogP contribution is 2.24. The molecule has 1 heterocycles. The topological polar surface area (TPSA) is 70.2 Å². The predicted octanol–water partition coefficient (Wildman–Crippen LogP) is 0.664. The maximum Gasteiger partial charge on any atom is 0.243 e. The van der Waals surface area contributed by atoms with Crippen molar-refractivity contribution < 1.29 is 9.59 Å². The number of benzene rings is 1. The van der Waals surface area contributed by atoms with E-state index in [1.807, 2.05) is 18.2 Å². The van der Waals surface area contributed by atoms with E-state index in [4.69, 9.17) is 0 Å². The molecule has 5 nitrogen and oxygen atoms in total. The van der Waals surface area contributed by atoms with Gasteiger partial charge < -0.3 is 16.0 Å². The zero-order chi connectivity index (χ0) is 13.8. The van der Waals surface area contributed by atoms with Gasteiger partial charge >= 0.3 is 0 Å². The number of nitrogens with one attached hydrogen (secondary N) is 3. The van der Waals surface area contributed by atoms with Crippen LogP contribution in [0.25, 0.3) is 0 Å². The molecule has 0 bridgehead atoms. The highest BCUT2D eigenvalue weighted by atomic mass is 16.2. The summed E-state index contributed by atoms with van der Waals surface area (Å²) in [5, 5.41) is 8.45. The molecule has 0 aliphatic carbocycles. The second-order valence-electron chi connectivity index (χ2n) is 4.74. The molecule has 0 spiro atoms. The van der Waals surface area contributed by atoms with Crippen LogP contribution in [0.3, 0.4) is 0 Å². The van der Waals surface area contributed by atoms with Crippen LogP contribution in [0.2, 0.25) is 0 Å². The van der Waals surface area contributed by atoms with Gasteiger partial charge in [0.05, 0.1) is 0 Å². The maximum atomic E-state index is 12.1. The van der Waals surface area contributed by atoms with E-state index in [1.54, 1.807) is 14.0 Å². The molecule has 2 atom stereocenters. The Hall–Kier alpha value is -2.04. The molecule has 1 aromatic carbocycles. The van der Waals surface area contributed by atoms with Crippen LogP contribution >= 0.6 is 0 Å². The van der Waals surface area contributed by atoms with Gasteiger partial charge in [-0.25, -0.2) is 0 Å². The molecule has 2 amide bonds. The van der Waals surface area contributed by atoms with Crippen LogP contribution in [0.5, 0.6) is 0 Å². The minimum atomic E-state index is -0.517. The summed E-state index contributed by atoms with van der Waals surface area (Å²) in [6, 6.07) is 7.17. The largest absolute Gasteiger partial charge is 0.373 e. The Labute approximate surface area is 112 Å². The van der Waals surface area contributed by atoms with Crippen LogP contribution in [0.1, 0.15) is 18.9 Å². The summed E-state index contributed by atoms with van der Waals surface area (Å²) in [6.07, 6.45) is 1.61. The lowest BCUT2D eigenvalue weighted by Crippen LogP contribution is -2.49. The van der Waals surface area contributed by atoms with Gasteiger partial charge in [-0.1, -0.05) is 18.2 Å². The summed E-state index contributed by atoms with van der Waals surface area (Å²) < 4.78 is 0. The van der Waals surface area contributed by atoms with Crippen LogP contribution in [-0.2, 0) is 16.0 Å². The number of anilines is 1. The number of hydrogen-bond acceptors (Lipinski definition) is 3. The first-order valence-electron chi connectivity index (χ1n) is 6.48. The molecule has 5 heteroatoms. The Bertz CT molecular complexity index is 487. The number of aryl methyl sites for hydroxylation is 1. The number of fused-ring (bicyclic) bond motifs is 1. The molecule has 0 fully saturated rings. The quantitative estimate of drug-likeness (QED) is 0.749. The van der Waals surface area contributed by atoms with Crippen LogP contribution in [0.15, 0.2) is 24.3 Å². The third-order valence-corrected chi connectivity index (χ3v) is 3.36. The minimum Gasteiger partial charge on any atom is -0.373 e. The molecule has 2 rings (SSSR count). The molecule has 1 aliphatic heterocycles. The normalized spacial score (nSPS) is 18.7. The molecule has 0 saturated heterocycles. The van der Waals surface area contributed by atoms with Gasteiger partial charge in [0, 0.05) is 12.7 Å². The molecular formula is C14H19N3O2. The van der Waals surface area contributed by atoms with Gasteiger partial charge in [-0.3, -0.25) is 9.59 Å². The Balaban J connectivity index is 1.97. The summed E-state index contributed by atoms with van der Waals surface area (Å²) in [7, 11) is 1.56. The molecule has 0 radical (unpaired) electrons. The SMILES string of the molecule is CNC(=O)C(C)NC(=O)C1CCc2ccccc2N1. The molecular weight excluding hydrogens is 242 g/mol. The average molecular weight is 261 g/mol. The summed E-state index contributed by atoms with van der Waals surface area (Å²) in [5.74, 6) is -0.324. The van der Waals surface area contributed by atoms with Crippen LogP contribution in [0.4, 0.5) is 5.69 Å². The first kappa shape index (κ1) is 13.4. The number of carbonyl (C=O) groups excluding carboxylic acids is 2. The number of rotatable bonds is 3. The third-order valence-electron chi connectivity index (χ3n) is 3.36. The van der Waals surface area contributed by atoms with E-state index in [1.165, 1.54) is 5.56 Å². The monoisotopic (exact) mass is 261 g/mol. The zero-order valence-electron chi connectivity index (χ0n) is 11.2. The van der Waals surface area contributed by atoms with Crippen molar-refractivity contribution in [2.45, 2.75) is 31.8 Å². The van der Waals surface area contributed by atoms with Crippen molar-refractivity contribution >= 4 is 17.5 Å². The van der Waals surface area contributed by atoms with Crippen molar-refractivity contribution in [3.8, 4) is 0 Å². The Morgan fingerprint density at radius 3 is 2.84 bits per heavy atom. The van der Waals surface area contributed by atoms with Crippen LogP contribution < -0.4 is 16.0 Å². The van der Waals surface area contributed by atoms with Crippen molar-refractivity contribution in [1.29, 1.82) is 0 Å².